The van der Waals surface area contributed by atoms with Crippen molar-refractivity contribution in [3.05, 3.63) is 0 Å². The standard InChI is InChI=1S/C18H27BrO6/c1-10-5-6-13-17(4,19)14(21-9-11(2)20)22-15-18(13)12(10)7-8-16(3,23-15)24-25-18/h10,12-15H,5-9H2,1-4H3/t10-,12+,13+,14+,15-,16-,17?,18-/m1/s1. The van der Waals surface area contributed by atoms with E-state index in [1.807, 2.05) is 6.92 Å². The number of ketones is 1. The number of carbonyl (C=O) groups is 1. The van der Waals surface area contributed by atoms with Gasteiger partial charge in [0.1, 0.15) is 6.61 Å². The summed E-state index contributed by atoms with van der Waals surface area (Å²) in [5, 5.41) is 0. The van der Waals surface area contributed by atoms with Crippen molar-refractivity contribution in [2.24, 2.45) is 17.8 Å². The number of alkyl halides is 1. The summed E-state index contributed by atoms with van der Waals surface area (Å²) >= 11 is 3.86. The molecule has 0 amide bonds. The van der Waals surface area contributed by atoms with Gasteiger partial charge < -0.3 is 14.2 Å². The highest BCUT2D eigenvalue weighted by Gasteiger charge is 2.72. The van der Waals surface area contributed by atoms with E-state index in [-0.39, 0.29) is 18.3 Å². The van der Waals surface area contributed by atoms with Crippen LogP contribution in [0.15, 0.2) is 0 Å². The Morgan fingerprint density at radius 2 is 2.00 bits per heavy atom. The molecule has 0 radical (unpaired) electrons. The number of Topliss-reactive ketones (excluding diaryl/α,β-unsaturated/α-hetero) is 1. The molecule has 6 nitrogen and oxygen atoms in total. The molecule has 4 aliphatic heterocycles. The lowest BCUT2D eigenvalue weighted by Gasteiger charge is -2.62. The average Bonchev–Trinajstić information content (AvgIpc) is 2.75. The fourth-order valence-electron chi connectivity index (χ4n) is 5.25. The summed E-state index contributed by atoms with van der Waals surface area (Å²) in [6, 6.07) is 0. The third-order valence-electron chi connectivity index (χ3n) is 6.55. The number of fused-ring (bicyclic) bond motifs is 2. The van der Waals surface area contributed by atoms with Crippen molar-refractivity contribution >= 4 is 21.7 Å². The van der Waals surface area contributed by atoms with Crippen LogP contribution in [0.4, 0.5) is 0 Å². The van der Waals surface area contributed by atoms with Gasteiger partial charge in [-0.3, -0.25) is 4.79 Å². The lowest BCUT2D eigenvalue weighted by molar-refractivity contribution is -0.575. The maximum absolute atomic E-state index is 11.4. The van der Waals surface area contributed by atoms with Crippen LogP contribution in [0, 0.1) is 17.8 Å². The van der Waals surface area contributed by atoms with Gasteiger partial charge in [0.2, 0.25) is 5.79 Å². The number of hydrogen-bond donors (Lipinski definition) is 0. The van der Waals surface area contributed by atoms with Crippen LogP contribution < -0.4 is 0 Å². The summed E-state index contributed by atoms with van der Waals surface area (Å²) in [5.41, 5.74) is -0.651. The molecule has 1 aliphatic carbocycles. The van der Waals surface area contributed by atoms with E-state index in [0.717, 1.165) is 25.7 Å². The molecular formula is C18H27BrO6. The molecule has 8 atom stereocenters. The third kappa shape index (κ3) is 2.65. The van der Waals surface area contributed by atoms with Gasteiger partial charge in [0.15, 0.2) is 24.0 Å². The first kappa shape index (κ1) is 18.3. The highest BCUT2D eigenvalue weighted by Crippen LogP contribution is 2.63. The Bertz CT molecular complexity index is 568. The fraction of sp³-hybridized carbons (Fsp3) is 0.944. The van der Waals surface area contributed by atoms with Crippen LogP contribution in [0.1, 0.15) is 53.4 Å². The molecule has 142 valence electrons. The molecule has 5 aliphatic rings. The number of ether oxygens (including phenoxy) is 3. The molecule has 4 heterocycles. The first-order valence-electron chi connectivity index (χ1n) is 9.19. The van der Waals surface area contributed by atoms with Crippen LogP contribution in [0.5, 0.6) is 0 Å². The van der Waals surface area contributed by atoms with Crippen LogP contribution in [-0.4, -0.2) is 40.7 Å². The predicted octanol–water partition coefficient (Wildman–Crippen LogP) is 3.32. The van der Waals surface area contributed by atoms with Crippen molar-refractivity contribution in [2.45, 2.75) is 81.7 Å². The van der Waals surface area contributed by atoms with Gasteiger partial charge in [0, 0.05) is 12.3 Å². The van der Waals surface area contributed by atoms with E-state index in [0.29, 0.717) is 11.8 Å². The van der Waals surface area contributed by atoms with Crippen molar-refractivity contribution in [3.63, 3.8) is 0 Å². The van der Waals surface area contributed by atoms with Crippen LogP contribution in [0.2, 0.25) is 0 Å². The summed E-state index contributed by atoms with van der Waals surface area (Å²) in [7, 11) is 0. The van der Waals surface area contributed by atoms with Gasteiger partial charge in [-0.25, -0.2) is 9.78 Å². The lowest BCUT2D eigenvalue weighted by Crippen LogP contribution is -2.74. The van der Waals surface area contributed by atoms with Crippen molar-refractivity contribution in [2.75, 3.05) is 6.61 Å². The molecular weight excluding hydrogens is 392 g/mol. The number of hydrogen-bond acceptors (Lipinski definition) is 6. The van der Waals surface area contributed by atoms with E-state index in [1.165, 1.54) is 6.92 Å². The zero-order chi connectivity index (χ0) is 18.0. The van der Waals surface area contributed by atoms with E-state index in [4.69, 9.17) is 24.0 Å². The van der Waals surface area contributed by atoms with Gasteiger partial charge in [0.25, 0.3) is 0 Å². The van der Waals surface area contributed by atoms with Gasteiger partial charge in [-0.15, -0.1) is 0 Å². The largest absolute Gasteiger partial charge is 0.343 e. The zero-order valence-corrected chi connectivity index (χ0v) is 16.8. The summed E-state index contributed by atoms with van der Waals surface area (Å²) in [4.78, 5) is 23.3. The second-order valence-corrected chi connectivity index (χ2v) is 10.2. The van der Waals surface area contributed by atoms with Crippen LogP contribution in [0.3, 0.4) is 0 Å². The van der Waals surface area contributed by atoms with E-state index >= 15 is 0 Å². The summed E-state index contributed by atoms with van der Waals surface area (Å²) in [6.45, 7) is 7.76. The topological polar surface area (TPSA) is 63.2 Å². The lowest BCUT2D eigenvalue weighted by atomic mass is 9.58. The highest BCUT2D eigenvalue weighted by atomic mass is 79.9. The second-order valence-electron chi connectivity index (χ2n) is 8.49. The number of halogens is 1. The minimum atomic E-state index is -0.803. The highest BCUT2D eigenvalue weighted by molar-refractivity contribution is 9.10. The Balaban J connectivity index is 1.73. The molecule has 5 rings (SSSR count). The smallest absolute Gasteiger partial charge is 0.201 e. The Hall–Kier alpha value is -0.0500. The maximum atomic E-state index is 11.4. The summed E-state index contributed by atoms with van der Waals surface area (Å²) in [5.74, 6) is 0.0684. The zero-order valence-electron chi connectivity index (χ0n) is 15.2. The first-order chi connectivity index (χ1) is 11.7. The number of carbonyl (C=O) groups excluding carboxylic acids is 1. The molecule has 4 saturated heterocycles. The summed E-state index contributed by atoms with van der Waals surface area (Å²) < 4.78 is 17.8. The van der Waals surface area contributed by atoms with Gasteiger partial charge in [-0.1, -0.05) is 22.9 Å². The van der Waals surface area contributed by atoms with Crippen molar-refractivity contribution < 1.29 is 28.8 Å². The SMILES string of the molecule is CC(=O)CO[C@H]1O[C@@H]2O[C@@]3(C)CC[C@H]4[C@H](C)CC[C@@H](C1(C)Br)[C@@]24OO3. The van der Waals surface area contributed by atoms with Crippen molar-refractivity contribution in [3.8, 4) is 0 Å². The molecule has 0 N–H and O–H groups in total. The molecule has 0 aromatic carbocycles. The molecule has 25 heavy (non-hydrogen) atoms. The maximum Gasteiger partial charge on any atom is 0.201 e. The van der Waals surface area contributed by atoms with Crippen LogP contribution >= 0.6 is 15.9 Å². The van der Waals surface area contributed by atoms with Crippen LogP contribution in [-0.2, 0) is 28.8 Å². The fourth-order valence-corrected chi connectivity index (χ4v) is 6.07. The van der Waals surface area contributed by atoms with Crippen LogP contribution in [0.25, 0.3) is 0 Å². The van der Waals surface area contributed by atoms with E-state index in [2.05, 4.69) is 29.8 Å². The Morgan fingerprint density at radius 1 is 1.24 bits per heavy atom. The monoisotopic (exact) mass is 418 g/mol. The Kier molecular flexibility index (Phi) is 4.38. The Labute approximate surface area is 156 Å². The molecule has 2 bridgehead atoms. The minimum absolute atomic E-state index is 0.0206. The predicted molar refractivity (Wildman–Crippen MR) is 91.6 cm³/mol. The molecule has 1 saturated carbocycles. The van der Waals surface area contributed by atoms with E-state index < -0.39 is 28.3 Å². The average molecular weight is 419 g/mol. The van der Waals surface area contributed by atoms with Gasteiger partial charge in [-0.05, 0) is 51.9 Å². The third-order valence-corrected chi connectivity index (χ3v) is 7.47. The second kappa shape index (κ2) is 5.97. The molecule has 1 spiro atoms. The summed E-state index contributed by atoms with van der Waals surface area (Å²) in [6.07, 6.45) is 2.68. The Morgan fingerprint density at radius 3 is 2.72 bits per heavy atom. The van der Waals surface area contributed by atoms with E-state index in [1.54, 1.807) is 0 Å². The molecule has 1 unspecified atom stereocenters. The number of rotatable bonds is 3. The molecule has 5 fully saturated rings. The molecule has 7 heteroatoms. The minimum Gasteiger partial charge on any atom is -0.343 e. The molecule has 0 aromatic heterocycles. The first-order valence-corrected chi connectivity index (χ1v) is 9.98. The van der Waals surface area contributed by atoms with E-state index in [9.17, 15) is 4.79 Å². The van der Waals surface area contributed by atoms with Gasteiger partial charge in [-0.2, -0.15) is 0 Å². The quantitative estimate of drug-likeness (QED) is 0.517. The molecule has 0 aromatic rings. The van der Waals surface area contributed by atoms with Gasteiger partial charge in [0.05, 0.1) is 4.32 Å². The normalized spacial score (nSPS) is 54.7. The van der Waals surface area contributed by atoms with Crippen molar-refractivity contribution in [1.82, 2.24) is 0 Å². The van der Waals surface area contributed by atoms with Gasteiger partial charge >= 0.3 is 0 Å². The van der Waals surface area contributed by atoms with Crippen molar-refractivity contribution in [1.29, 1.82) is 0 Å².